The Labute approximate surface area is 209 Å². The van der Waals surface area contributed by atoms with E-state index in [2.05, 4.69) is 35.5 Å². The van der Waals surface area contributed by atoms with Gasteiger partial charge in [0.15, 0.2) is 5.11 Å². The van der Waals surface area contributed by atoms with Crippen LogP contribution in [0.2, 0.25) is 0 Å². The molecule has 0 unspecified atom stereocenters. The van der Waals surface area contributed by atoms with Crippen LogP contribution in [-0.2, 0) is 10.0 Å². The fourth-order valence-corrected chi connectivity index (χ4v) is 5.36. The molecular weight excluding hydrogens is 480 g/mol. The molecule has 35 heavy (non-hydrogen) atoms. The molecule has 8 nitrogen and oxygen atoms in total. The Morgan fingerprint density at radius 1 is 1.00 bits per heavy atom. The maximum Gasteiger partial charge on any atom is 0.229 e. The van der Waals surface area contributed by atoms with E-state index in [1.54, 1.807) is 18.5 Å². The van der Waals surface area contributed by atoms with Gasteiger partial charge in [-0.2, -0.15) is 0 Å². The van der Waals surface area contributed by atoms with Crippen molar-refractivity contribution in [2.24, 2.45) is 0 Å². The first-order valence-electron chi connectivity index (χ1n) is 11.0. The molecule has 1 aliphatic rings. The van der Waals surface area contributed by atoms with Gasteiger partial charge >= 0.3 is 0 Å². The van der Waals surface area contributed by atoms with Gasteiger partial charge in [-0.3, -0.25) is 9.71 Å². The summed E-state index contributed by atoms with van der Waals surface area (Å²) in [6, 6.07) is 20.8. The fourth-order valence-electron chi connectivity index (χ4n) is 4.39. The lowest BCUT2D eigenvalue weighted by Crippen LogP contribution is -2.30. The van der Waals surface area contributed by atoms with Gasteiger partial charge in [0, 0.05) is 30.0 Å². The van der Waals surface area contributed by atoms with Crippen molar-refractivity contribution in [1.29, 1.82) is 0 Å². The molecule has 1 fully saturated rings. The van der Waals surface area contributed by atoms with Gasteiger partial charge in [-0.15, -0.1) is 0 Å². The molecule has 4 aromatic rings. The Bertz CT molecular complexity index is 1470. The van der Waals surface area contributed by atoms with Crippen LogP contribution in [0.3, 0.4) is 0 Å². The molecule has 5 rings (SSSR count). The SMILES string of the molecule is Cc1cc(N2C(=S)N[C@H](c3ccccn3)[C@@H]2c2cccn2-c2ccccn2)ccc1NS(C)(=O)=O. The van der Waals surface area contributed by atoms with Crippen molar-refractivity contribution < 1.29 is 8.42 Å². The van der Waals surface area contributed by atoms with Crippen LogP contribution in [0.5, 0.6) is 0 Å². The first kappa shape index (κ1) is 23.0. The van der Waals surface area contributed by atoms with Crippen LogP contribution in [0.1, 0.15) is 29.0 Å². The highest BCUT2D eigenvalue weighted by molar-refractivity contribution is 7.92. The van der Waals surface area contributed by atoms with Gasteiger partial charge in [0.1, 0.15) is 11.9 Å². The minimum atomic E-state index is -3.39. The van der Waals surface area contributed by atoms with E-state index in [9.17, 15) is 8.42 Å². The Morgan fingerprint density at radius 3 is 2.43 bits per heavy atom. The molecule has 0 spiro atoms. The van der Waals surface area contributed by atoms with Gasteiger partial charge < -0.3 is 14.8 Å². The molecule has 0 saturated carbocycles. The number of nitrogens with one attached hydrogen (secondary N) is 2. The lowest BCUT2D eigenvalue weighted by molar-refractivity contribution is 0.548. The van der Waals surface area contributed by atoms with Crippen LogP contribution in [0.15, 0.2) is 85.3 Å². The lowest BCUT2D eigenvalue weighted by Gasteiger charge is -2.29. The number of thiocarbonyl (C=S) groups is 1. The van der Waals surface area contributed by atoms with Gasteiger partial charge in [-0.1, -0.05) is 12.1 Å². The smallest absolute Gasteiger partial charge is 0.229 e. The number of hydrogen-bond acceptors (Lipinski definition) is 5. The number of sulfonamides is 1. The van der Waals surface area contributed by atoms with Crippen molar-refractivity contribution in [2.45, 2.75) is 19.0 Å². The van der Waals surface area contributed by atoms with Crippen LogP contribution >= 0.6 is 12.2 Å². The van der Waals surface area contributed by atoms with Crippen LogP contribution in [0.25, 0.3) is 5.82 Å². The Kier molecular flexibility index (Phi) is 6.00. The standard InChI is InChI=1S/C25H24N6O2S2/c1-17-16-18(11-12-19(17)29-35(2,32)33)31-24(23(28-25(31)34)20-8-3-5-13-26-20)21-9-7-15-30(21)22-10-4-6-14-27-22/h3-16,23-24,29H,1-2H3,(H,28,34)/t23-,24+/m1/s1. The van der Waals surface area contributed by atoms with Crippen LogP contribution in [0.4, 0.5) is 11.4 Å². The number of hydrogen-bond donors (Lipinski definition) is 2. The minimum Gasteiger partial charge on any atom is -0.351 e. The quantitative estimate of drug-likeness (QED) is 0.382. The molecule has 0 amide bonds. The number of nitrogens with zero attached hydrogens (tertiary/aromatic N) is 4. The van der Waals surface area contributed by atoms with Crippen molar-refractivity contribution >= 4 is 38.7 Å². The number of anilines is 2. The number of aryl methyl sites for hydroxylation is 1. The van der Waals surface area contributed by atoms with Crippen molar-refractivity contribution in [3.63, 3.8) is 0 Å². The lowest BCUT2D eigenvalue weighted by atomic mass is 10.0. The zero-order valence-corrected chi connectivity index (χ0v) is 20.8. The topological polar surface area (TPSA) is 92.2 Å². The molecule has 10 heteroatoms. The third-order valence-electron chi connectivity index (χ3n) is 5.86. The highest BCUT2D eigenvalue weighted by Crippen LogP contribution is 2.42. The van der Waals surface area contributed by atoms with Crippen molar-refractivity contribution in [2.75, 3.05) is 15.9 Å². The predicted molar refractivity (Wildman–Crippen MR) is 141 cm³/mol. The molecule has 0 radical (unpaired) electrons. The highest BCUT2D eigenvalue weighted by Gasteiger charge is 2.42. The van der Waals surface area contributed by atoms with E-state index in [1.807, 2.05) is 67.7 Å². The molecule has 1 saturated heterocycles. The predicted octanol–water partition coefficient (Wildman–Crippen LogP) is 4.12. The van der Waals surface area contributed by atoms with E-state index in [0.717, 1.165) is 34.7 Å². The summed E-state index contributed by atoms with van der Waals surface area (Å²) in [5.41, 5.74) is 4.02. The third kappa shape index (κ3) is 4.62. The van der Waals surface area contributed by atoms with Gasteiger partial charge in [-0.25, -0.2) is 13.4 Å². The fraction of sp³-hybridized carbons (Fsp3) is 0.160. The molecule has 1 aliphatic heterocycles. The van der Waals surface area contributed by atoms with Gasteiger partial charge in [-0.05, 0) is 79.3 Å². The third-order valence-corrected chi connectivity index (χ3v) is 6.77. The summed E-state index contributed by atoms with van der Waals surface area (Å²) in [5, 5.41) is 4.02. The number of pyridine rings is 2. The molecule has 178 valence electrons. The second kappa shape index (κ2) is 9.12. The summed E-state index contributed by atoms with van der Waals surface area (Å²) >= 11 is 5.82. The second-order valence-corrected chi connectivity index (χ2v) is 10.5. The van der Waals surface area contributed by atoms with E-state index >= 15 is 0 Å². The number of aromatic nitrogens is 3. The van der Waals surface area contributed by atoms with Gasteiger partial charge in [0.25, 0.3) is 0 Å². The van der Waals surface area contributed by atoms with E-state index in [4.69, 9.17) is 12.2 Å². The molecule has 3 aromatic heterocycles. The van der Waals surface area contributed by atoms with Crippen LogP contribution in [0, 0.1) is 6.92 Å². The zero-order valence-electron chi connectivity index (χ0n) is 19.2. The summed E-state index contributed by atoms with van der Waals surface area (Å²) in [5.74, 6) is 0.800. The van der Waals surface area contributed by atoms with Gasteiger partial charge in [0.05, 0.1) is 23.7 Å². The van der Waals surface area contributed by atoms with Crippen molar-refractivity contribution in [1.82, 2.24) is 19.9 Å². The normalized spacial score (nSPS) is 17.9. The van der Waals surface area contributed by atoms with Gasteiger partial charge in [0.2, 0.25) is 10.0 Å². The number of rotatable bonds is 6. The average Bonchev–Trinajstić information content (AvgIpc) is 3.45. The average molecular weight is 505 g/mol. The molecular formula is C25H24N6O2S2. The Hall–Kier alpha value is -3.76. The van der Waals surface area contributed by atoms with E-state index in [-0.39, 0.29) is 12.1 Å². The second-order valence-electron chi connectivity index (χ2n) is 8.36. The summed E-state index contributed by atoms with van der Waals surface area (Å²) in [6.07, 6.45) is 6.66. The minimum absolute atomic E-state index is 0.213. The number of benzene rings is 1. The molecule has 0 bridgehead atoms. The van der Waals surface area contributed by atoms with E-state index in [0.29, 0.717) is 10.8 Å². The zero-order chi connectivity index (χ0) is 24.6. The Morgan fingerprint density at radius 2 is 1.77 bits per heavy atom. The first-order chi connectivity index (χ1) is 16.8. The molecule has 2 N–H and O–H groups in total. The maximum atomic E-state index is 11.8. The highest BCUT2D eigenvalue weighted by atomic mass is 32.2. The molecule has 2 atom stereocenters. The van der Waals surface area contributed by atoms with Crippen LogP contribution < -0.4 is 14.9 Å². The summed E-state index contributed by atoms with van der Waals surface area (Å²) in [7, 11) is -3.39. The summed E-state index contributed by atoms with van der Waals surface area (Å²) in [6.45, 7) is 1.87. The van der Waals surface area contributed by atoms with Crippen molar-refractivity contribution in [3.8, 4) is 5.82 Å². The summed E-state index contributed by atoms with van der Waals surface area (Å²) < 4.78 is 28.1. The van der Waals surface area contributed by atoms with Crippen molar-refractivity contribution in [3.05, 3.63) is 102 Å². The molecule has 1 aromatic carbocycles. The maximum absolute atomic E-state index is 11.8. The Balaban J connectivity index is 1.63. The largest absolute Gasteiger partial charge is 0.351 e. The van der Waals surface area contributed by atoms with Crippen LogP contribution in [-0.4, -0.2) is 34.3 Å². The van der Waals surface area contributed by atoms with E-state index < -0.39 is 10.0 Å². The monoisotopic (exact) mass is 504 g/mol. The molecule has 4 heterocycles. The summed E-state index contributed by atoms with van der Waals surface area (Å²) in [4.78, 5) is 11.2. The first-order valence-corrected chi connectivity index (χ1v) is 13.3. The molecule has 0 aliphatic carbocycles. The van der Waals surface area contributed by atoms with E-state index in [1.165, 1.54) is 0 Å².